The van der Waals surface area contributed by atoms with Crippen molar-refractivity contribution < 1.29 is 0 Å². The molecule has 0 amide bonds. The first-order chi connectivity index (χ1) is 8.77. The van der Waals surface area contributed by atoms with Crippen LogP contribution in [0.15, 0.2) is 0 Å². The molecule has 2 rings (SSSR count). The van der Waals surface area contributed by atoms with Crippen molar-refractivity contribution in [3.05, 3.63) is 10.4 Å². The van der Waals surface area contributed by atoms with Crippen LogP contribution in [0.1, 0.15) is 42.5 Å². The fourth-order valence-electron chi connectivity index (χ4n) is 2.30. The summed E-state index contributed by atoms with van der Waals surface area (Å²) in [6.07, 6.45) is 6.07. The quantitative estimate of drug-likeness (QED) is 0.842. The summed E-state index contributed by atoms with van der Waals surface area (Å²) in [5.41, 5.74) is 6.67. The molecule has 0 aliphatic carbocycles. The standard InChI is InChI=1S/C13H16N4S/c14-8-10-12(16)11(9-15)18-13(10)17-6-4-2-1-3-5-7-17/h1-7,16H2. The molecule has 1 aliphatic heterocycles. The lowest BCUT2D eigenvalue weighted by atomic mass is 10.1. The monoisotopic (exact) mass is 260 g/mol. The van der Waals surface area contributed by atoms with Gasteiger partial charge in [0, 0.05) is 13.1 Å². The van der Waals surface area contributed by atoms with Crippen LogP contribution in [-0.2, 0) is 0 Å². The van der Waals surface area contributed by atoms with Gasteiger partial charge in [-0.3, -0.25) is 0 Å². The highest BCUT2D eigenvalue weighted by atomic mass is 32.1. The topological polar surface area (TPSA) is 76.8 Å². The van der Waals surface area contributed by atoms with E-state index in [1.807, 2.05) is 0 Å². The highest BCUT2D eigenvalue weighted by molar-refractivity contribution is 7.17. The average Bonchev–Trinajstić information content (AvgIpc) is 2.65. The largest absolute Gasteiger partial charge is 0.396 e. The molecule has 1 saturated heterocycles. The summed E-state index contributed by atoms with van der Waals surface area (Å²) < 4.78 is 0. The van der Waals surface area contributed by atoms with Gasteiger partial charge in [0.2, 0.25) is 0 Å². The second-order valence-corrected chi connectivity index (χ2v) is 5.50. The van der Waals surface area contributed by atoms with Crippen molar-refractivity contribution in [3.8, 4) is 12.1 Å². The number of thiophene rings is 1. The lowest BCUT2D eigenvalue weighted by Gasteiger charge is -2.25. The van der Waals surface area contributed by atoms with Crippen LogP contribution in [0.3, 0.4) is 0 Å². The Kier molecular flexibility index (Phi) is 4.07. The molecule has 0 unspecified atom stereocenters. The Labute approximate surface area is 111 Å². The fraction of sp³-hybridized carbons (Fsp3) is 0.538. The maximum Gasteiger partial charge on any atom is 0.131 e. The molecule has 1 aromatic heterocycles. The van der Waals surface area contributed by atoms with Gasteiger partial charge in [0.25, 0.3) is 0 Å². The smallest absolute Gasteiger partial charge is 0.131 e. The second kappa shape index (κ2) is 5.75. The molecule has 0 radical (unpaired) electrons. The third-order valence-electron chi connectivity index (χ3n) is 3.28. The van der Waals surface area contributed by atoms with Crippen LogP contribution in [0.5, 0.6) is 0 Å². The molecule has 18 heavy (non-hydrogen) atoms. The Morgan fingerprint density at radius 3 is 2.17 bits per heavy atom. The van der Waals surface area contributed by atoms with Crippen LogP contribution in [0.25, 0.3) is 0 Å². The Bertz CT molecular complexity index is 498. The van der Waals surface area contributed by atoms with Gasteiger partial charge in [-0.2, -0.15) is 10.5 Å². The lowest BCUT2D eigenvalue weighted by Crippen LogP contribution is -2.26. The molecular formula is C13H16N4S. The predicted octanol–water partition coefficient (Wildman–Crippen LogP) is 2.84. The first kappa shape index (κ1) is 12.7. The third-order valence-corrected chi connectivity index (χ3v) is 4.45. The molecule has 2 N–H and O–H groups in total. The van der Waals surface area contributed by atoms with Crippen molar-refractivity contribution in [2.24, 2.45) is 0 Å². The molecule has 0 saturated carbocycles. The molecule has 1 aliphatic rings. The van der Waals surface area contributed by atoms with Crippen molar-refractivity contribution in [2.45, 2.75) is 32.1 Å². The maximum atomic E-state index is 9.21. The van der Waals surface area contributed by atoms with Crippen LogP contribution in [0.4, 0.5) is 10.7 Å². The zero-order valence-corrected chi connectivity index (χ0v) is 11.1. The van der Waals surface area contributed by atoms with E-state index in [2.05, 4.69) is 17.0 Å². The van der Waals surface area contributed by atoms with E-state index in [9.17, 15) is 5.26 Å². The van der Waals surface area contributed by atoms with E-state index < -0.39 is 0 Å². The van der Waals surface area contributed by atoms with Crippen LogP contribution in [0, 0.1) is 22.7 Å². The Morgan fingerprint density at radius 2 is 1.61 bits per heavy atom. The number of anilines is 2. The van der Waals surface area contributed by atoms with Crippen molar-refractivity contribution in [2.75, 3.05) is 23.7 Å². The summed E-state index contributed by atoms with van der Waals surface area (Å²) in [5, 5.41) is 19.1. The molecule has 5 heteroatoms. The average molecular weight is 260 g/mol. The number of hydrogen-bond acceptors (Lipinski definition) is 5. The predicted molar refractivity (Wildman–Crippen MR) is 73.5 cm³/mol. The van der Waals surface area contributed by atoms with Gasteiger partial charge in [-0.15, -0.1) is 11.3 Å². The molecule has 4 nitrogen and oxygen atoms in total. The van der Waals surface area contributed by atoms with E-state index >= 15 is 0 Å². The highest BCUT2D eigenvalue weighted by Crippen LogP contribution is 2.37. The van der Waals surface area contributed by atoms with Crippen LogP contribution >= 0.6 is 11.3 Å². The highest BCUT2D eigenvalue weighted by Gasteiger charge is 2.20. The Hall–Kier alpha value is -1.72. The van der Waals surface area contributed by atoms with Crippen LogP contribution < -0.4 is 10.6 Å². The van der Waals surface area contributed by atoms with E-state index in [4.69, 9.17) is 11.0 Å². The third kappa shape index (κ3) is 2.42. The molecule has 0 spiro atoms. The molecule has 2 heterocycles. The number of hydrogen-bond donors (Lipinski definition) is 1. The number of nitrogen functional groups attached to an aromatic ring is 1. The van der Waals surface area contributed by atoms with Crippen molar-refractivity contribution >= 4 is 22.0 Å². The van der Waals surface area contributed by atoms with Crippen LogP contribution in [-0.4, -0.2) is 13.1 Å². The Morgan fingerprint density at radius 1 is 1.00 bits per heavy atom. The minimum atomic E-state index is 0.349. The van der Waals surface area contributed by atoms with E-state index in [1.165, 1.54) is 30.6 Å². The van der Waals surface area contributed by atoms with Gasteiger partial charge in [0.15, 0.2) is 0 Å². The lowest BCUT2D eigenvalue weighted by molar-refractivity contribution is 0.558. The first-order valence-corrected chi connectivity index (χ1v) is 7.07. The van der Waals surface area contributed by atoms with Crippen molar-refractivity contribution in [1.29, 1.82) is 10.5 Å². The molecule has 1 fully saturated rings. The van der Waals surface area contributed by atoms with Gasteiger partial charge >= 0.3 is 0 Å². The second-order valence-electron chi connectivity index (χ2n) is 4.50. The molecule has 0 bridgehead atoms. The summed E-state index contributed by atoms with van der Waals surface area (Å²) in [4.78, 5) is 2.68. The molecule has 0 atom stereocenters. The zero-order chi connectivity index (χ0) is 13.0. The van der Waals surface area contributed by atoms with Gasteiger partial charge in [-0.1, -0.05) is 19.3 Å². The van der Waals surface area contributed by atoms with E-state index in [0.29, 0.717) is 16.1 Å². The number of nitriles is 2. The fourth-order valence-corrected chi connectivity index (χ4v) is 3.32. The first-order valence-electron chi connectivity index (χ1n) is 6.25. The van der Waals surface area contributed by atoms with Gasteiger partial charge in [0.1, 0.15) is 27.6 Å². The van der Waals surface area contributed by atoms with Crippen molar-refractivity contribution in [3.63, 3.8) is 0 Å². The SMILES string of the molecule is N#Cc1sc(N2CCCCCCC2)c(C#N)c1N. The maximum absolute atomic E-state index is 9.21. The van der Waals surface area contributed by atoms with E-state index in [-0.39, 0.29) is 0 Å². The van der Waals surface area contributed by atoms with Gasteiger partial charge in [0.05, 0.1) is 5.69 Å². The van der Waals surface area contributed by atoms with Gasteiger partial charge in [-0.25, -0.2) is 0 Å². The normalized spacial score (nSPS) is 16.4. The van der Waals surface area contributed by atoms with Crippen molar-refractivity contribution in [1.82, 2.24) is 0 Å². The minimum Gasteiger partial charge on any atom is -0.396 e. The van der Waals surface area contributed by atoms with E-state index in [1.54, 1.807) is 0 Å². The number of nitrogens with zero attached hydrogens (tertiary/aromatic N) is 3. The molecule has 0 aromatic carbocycles. The summed E-state index contributed by atoms with van der Waals surface area (Å²) in [7, 11) is 0. The molecule has 1 aromatic rings. The number of rotatable bonds is 1. The summed E-state index contributed by atoms with van der Waals surface area (Å²) in [5.74, 6) is 0. The minimum absolute atomic E-state index is 0.349. The summed E-state index contributed by atoms with van der Waals surface area (Å²) in [6.45, 7) is 1.92. The Balaban J connectivity index is 2.31. The molecule has 94 valence electrons. The molecular weight excluding hydrogens is 244 g/mol. The van der Waals surface area contributed by atoms with E-state index in [0.717, 1.165) is 30.9 Å². The number of nitrogens with two attached hydrogens (primary N) is 1. The summed E-state index contributed by atoms with van der Waals surface area (Å²) >= 11 is 1.35. The van der Waals surface area contributed by atoms with Crippen LogP contribution in [0.2, 0.25) is 0 Å². The van der Waals surface area contributed by atoms with Gasteiger partial charge < -0.3 is 10.6 Å². The summed E-state index contributed by atoms with van der Waals surface area (Å²) in [6, 6.07) is 4.22. The zero-order valence-electron chi connectivity index (χ0n) is 10.3. The van der Waals surface area contributed by atoms with Gasteiger partial charge in [-0.05, 0) is 12.8 Å².